The van der Waals surface area contributed by atoms with Gasteiger partial charge in [-0.3, -0.25) is 9.48 Å². The number of nitrogens with zero attached hydrogens (tertiary/aromatic N) is 3. The van der Waals surface area contributed by atoms with Gasteiger partial charge < -0.3 is 5.32 Å². The van der Waals surface area contributed by atoms with Crippen LogP contribution in [-0.2, 0) is 27.8 Å². The smallest absolute Gasteiger partial charge is 0.246 e. The summed E-state index contributed by atoms with van der Waals surface area (Å²) in [6.07, 6.45) is 1.71. The van der Waals surface area contributed by atoms with Crippen molar-refractivity contribution in [2.75, 3.05) is 14.1 Å². The number of aromatic nitrogens is 2. The predicted molar refractivity (Wildman–Crippen MR) is 105 cm³/mol. The molecular weight excluding hydrogens is 364 g/mol. The van der Waals surface area contributed by atoms with Gasteiger partial charge in [0.05, 0.1) is 11.4 Å². The molecular formula is C19H28N4O3S. The van der Waals surface area contributed by atoms with Gasteiger partial charge in [0.1, 0.15) is 11.4 Å². The molecule has 148 valence electrons. The standard InChI is InChI=1S/C19H28N4O3S/c1-14(11-12-17-9-7-6-8-10-17)20-18(24)13-23-16(3)19(15(2)21-23)27(25,26)22(4)5/h6-10,14H,11-13H2,1-5H3,(H,20,24). The van der Waals surface area contributed by atoms with E-state index in [-0.39, 0.29) is 23.4 Å². The molecule has 1 aromatic heterocycles. The fourth-order valence-electron chi connectivity index (χ4n) is 2.95. The lowest BCUT2D eigenvalue weighted by Gasteiger charge is -2.15. The molecule has 0 bridgehead atoms. The zero-order valence-electron chi connectivity index (χ0n) is 16.6. The highest BCUT2D eigenvalue weighted by Gasteiger charge is 2.27. The fraction of sp³-hybridized carbons (Fsp3) is 0.474. The van der Waals surface area contributed by atoms with Crippen LogP contribution < -0.4 is 5.32 Å². The van der Waals surface area contributed by atoms with Crippen LogP contribution in [0.1, 0.15) is 30.3 Å². The summed E-state index contributed by atoms with van der Waals surface area (Å²) in [7, 11) is -0.640. The zero-order valence-corrected chi connectivity index (χ0v) is 17.4. The molecule has 0 saturated heterocycles. The number of amides is 1. The van der Waals surface area contributed by atoms with Crippen molar-refractivity contribution in [3.63, 3.8) is 0 Å². The first-order valence-electron chi connectivity index (χ1n) is 8.92. The van der Waals surface area contributed by atoms with Crippen LogP contribution in [0.4, 0.5) is 0 Å². The maximum Gasteiger partial charge on any atom is 0.246 e. The van der Waals surface area contributed by atoms with Crippen LogP contribution in [0, 0.1) is 13.8 Å². The molecule has 0 radical (unpaired) electrons. The molecule has 1 unspecified atom stereocenters. The van der Waals surface area contributed by atoms with Crippen molar-refractivity contribution >= 4 is 15.9 Å². The van der Waals surface area contributed by atoms with Crippen LogP contribution in [0.15, 0.2) is 35.2 Å². The Morgan fingerprint density at radius 2 is 1.85 bits per heavy atom. The third-order valence-corrected chi connectivity index (χ3v) is 6.53. The maximum absolute atomic E-state index is 12.4. The molecule has 0 aliphatic heterocycles. The molecule has 0 spiro atoms. The van der Waals surface area contributed by atoms with Crippen molar-refractivity contribution in [2.24, 2.45) is 0 Å². The molecule has 2 aromatic rings. The van der Waals surface area contributed by atoms with Crippen LogP contribution >= 0.6 is 0 Å². The summed E-state index contributed by atoms with van der Waals surface area (Å²) in [5, 5.41) is 7.21. The predicted octanol–water partition coefficient (Wildman–Crippen LogP) is 1.89. The lowest BCUT2D eigenvalue weighted by molar-refractivity contribution is -0.122. The van der Waals surface area contributed by atoms with Gasteiger partial charge in [-0.25, -0.2) is 12.7 Å². The third kappa shape index (κ3) is 5.17. The van der Waals surface area contributed by atoms with Crippen molar-refractivity contribution in [3.05, 3.63) is 47.3 Å². The Hall–Kier alpha value is -2.19. The average Bonchev–Trinajstić information content (AvgIpc) is 2.87. The van der Waals surface area contributed by atoms with Crippen LogP contribution in [-0.4, -0.2) is 48.5 Å². The third-order valence-electron chi connectivity index (χ3n) is 4.46. The Kier molecular flexibility index (Phi) is 6.78. The largest absolute Gasteiger partial charge is 0.352 e. The Labute approximate surface area is 161 Å². The summed E-state index contributed by atoms with van der Waals surface area (Å²) in [5.74, 6) is -0.185. The highest BCUT2D eigenvalue weighted by molar-refractivity contribution is 7.89. The van der Waals surface area contributed by atoms with E-state index < -0.39 is 10.0 Å². The lowest BCUT2D eigenvalue weighted by Crippen LogP contribution is -2.35. The highest BCUT2D eigenvalue weighted by Crippen LogP contribution is 2.21. The van der Waals surface area contributed by atoms with Crippen LogP contribution in [0.3, 0.4) is 0 Å². The van der Waals surface area contributed by atoms with E-state index in [0.29, 0.717) is 11.4 Å². The quantitative estimate of drug-likeness (QED) is 0.743. The van der Waals surface area contributed by atoms with E-state index in [0.717, 1.165) is 17.1 Å². The van der Waals surface area contributed by atoms with E-state index in [1.807, 2.05) is 25.1 Å². The van der Waals surface area contributed by atoms with Crippen molar-refractivity contribution in [1.82, 2.24) is 19.4 Å². The number of carbonyl (C=O) groups is 1. The normalized spacial score (nSPS) is 13.0. The second-order valence-electron chi connectivity index (χ2n) is 6.94. The van der Waals surface area contributed by atoms with Crippen molar-refractivity contribution in [2.45, 2.75) is 51.1 Å². The number of rotatable bonds is 8. The molecule has 1 amide bonds. The van der Waals surface area contributed by atoms with Crippen LogP contribution in [0.5, 0.6) is 0 Å². The number of aryl methyl sites for hydroxylation is 2. The molecule has 0 saturated carbocycles. The minimum absolute atomic E-state index is 0.00863. The SMILES string of the molecule is Cc1nn(CC(=O)NC(C)CCc2ccccc2)c(C)c1S(=O)(=O)N(C)C. The number of sulfonamides is 1. The maximum atomic E-state index is 12.4. The van der Waals surface area contributed by atoms with Crippen LogP contribution in [0.2, 0.25) is 0 Å². The number of nitrogens with one attached hydrogen (secondary N) is 1. The second-order valence-corrected chi connectivity index (χ2v) is 9.03. The minimum atomic E-state index is -3.60. The topological polar surface area (TPSA) is 84.3 Å². The number of hydrogen-bond acceptors (Lipinski definition) is 4. The summed E-state index contributed by atoms with van der Waals surface area (Å²) in [6, 6.07) is 10.1. The second kappa shape index (κ2) is 8.67. The first-order valence-corrected chi connectivity index (χ1v) is 10.4. The first-order chi connectivity index (χ1) is 12.6. The van der Waals surface area contributed by atoms with E-state index in [9.17, 15) is 13.2 Å². The van der Waals surface area contributed by atoms with Gasteiger partial charge in [0.25, 0.3) is 0 Å². The Bertz CT molecular complexity index is 889. The van der Waals surface area contributed by atoms with Crippen molar-refractivity contribution in [3.8, 4) is 0 Å². The van der Waals surface area contributed by atoms with Gasteiger partial charge in [-0.1, -0.05) is 30.3 Å². The molecule has 0 aliphatic rings. The summed E-state index contributed by atoms with van der Waals surface area (Å²) in [6.45, 7) is 5.26. The lowest BCUT2D eigenvalue weighted by atomic mass is 10.1. The molecule has 1 aromatic carbocycles. The average molecular weight is 393 g/mol. The Morgan fingerprint density at radius 1 is 1.22 bits per heavy atom. The molecule has 1 atom stereocenters. The van der Waals surface area contributed by atoms with Crippen molar-refractivity contribution in [1.29, 1.82) is 0 Å². The summed E-state index contributed by atoms with van der Waals surface area (Å²) >= 11 is 0. The molecule has 2 rings (SSSR count). The number of carbonyl (C=O) groups excluding carboxylic acids is 1. The molecule has 7 nitrogen and oxygen atoms in total. The van der Waals surface area contributed by atoms with Crippen LogP contribution in [0.25, 0.3) is 0 Å². The van der Waals surface area contributed by atoms with Gasteiger partial charge in [-0.15, -0.1) is 0 Å². The van der Waals surface area contributed by atoms with Gasteiger partial charge in [0.2, 0.25) is 15.9 Å². The van der Waals surface area contributed by atoms with Gasteiger partial charge in [0, 0.05) is 20.1 Å². The molecule has 1 N–H and O–H groups in total. The minimum Gasteiger partial charge on any atom is -0.352 e. The van der Waals surface area contributed by atoms with E-state index >= 15 is 0 Å². The fourth-order valence-corrected chi connectivity index (χ4v) is 4.20. The Morgan fingerprint density at radius 3 is 2.44 bits per heavy atom. The molecule has 8 heteroatoms. The monoisotopic (exact) mass is 392 g/mol. The summed E-state index contributed by atoms with van der Waals surface area (Å²) in [4.78, 5) is 12.5. The van der Waals surface area contributed by atoms with Gasteiger partial charge in [-0.05, 0) is 39.2 Å². The van der Waals surface area contributed by atoms with Gasteiger partial charge in [0.15, 0.2) is 0 Å². The summed E-state index contributed by atoms with van der Waals surface area (Å²) in [5.41, 5.74) is 2.09. The zero-order chi connectivity index (χ0) is 20.2. The van der Waals surface area contributed by atoms with Gasteiger partial charge >= 0.3 is 0 Å². The van der Waals surface area contributed by atoms with E-state index in [1.165, 1.54) is 24.3 Å². The van der Waals surface area contributed by atoms with E-state index in [1.54, 1.807) is 13.8 Å². The summed E-state index contributed by atoms with van der Waals surface area (Å²) < 4.78 is 27.5. The number of benzene rings is 1. The number of hydrogen-bond donors (Lipinski definition) is 1. The van der Waals surface area contributed by atoms with E-state index in [2.05, 4.69) is 22.5 Å². The molecule has 0 fully saturated rings. The van der Waals surface area contributed by atoms with Gasteiger partial charge in [-0.2, -0.15) is 5.10 Å². The highest BCUT2D eigenvalue weighted by atomic mass is 32.2. The van der Waals surface area contributed by atoms with E-state index in [4.69, 9.17) is 0 Å². The first kappa shape index (κ1) is 21.1. The Balaban J connectivity index is 2.00. The molecule has 27 heavy (non-hydrogen) atoms. The molecule has 0 aliphatic carbocycles. The van der Waals surface area contributed by atoms with Crippen molar-refractivity contribution < 1.29 is 13.2 Å². The molecule has 1 heterocycles.